The number of hydrogen-bond acceptors (Lipinski definition) is 3. The number of anilines is 1. The minimum atomic E-state index is -4.69. The second kappa shape index (κ2) is 9.97. The molecule has 2 aromatic carbocycles. The Hall–Kier alpha value is -3.27. The van der Waals surface area contributed by atoms with Crippen molar-refractivity contribution in [2.45, 2.75) is 26.2 Å². The number of halogens is 7. The highest BCUT2D eigenvalue weighted by Gasteiger charge is 2.34. The zero-order chi connectivity index (χ0) is 23.1. The van der Waals surface area contributed by atoms with Gasteiger partial charge in [-0.25, -0.2) is 4.39 Å². The number of nitriles is 2. The lowest BCUT2D eigenvalue weighted by molar-refractivity contribution is -0.138. The van der Waals surface area contributed by atoms with Crippen molar-refractivity contribution in [3.63, 3.8) is 0 Å². The van der Waals surface area contributed by atoms with Gasteiger partial charge in [0.15, 0.2) is 0 Å². The summed E-state index contributed by atoms with van der Waals surface area (Å²) in [7, 11) is 0. The van der Waals surface area contributed by atoms with E-state index in [0.29, 0.717) is 24.8 Å². The van der Waals surface area contributed by atoms with Crippen molar-refractivity contribution in [1.29, 1.82) is 10.5 Å². The fraction of sp³-hybridized carbons (Fsp3) is 0.300. The lowest BCUT2D eigenvalue weighted by atomic mass is 10.1. The van der Waals surface area contributed by atoms with E-state index in [2.05, 4.69) is 0 Å². The number of rotatable bonds is 3. The van der Waals surface area contributed by atoms with Crippen molar-refractivity contribution in [2.24, 2.45) is 0 Å². The summed E-state index contributed by atoms with van der Waals surface area (Å²) in [6, 6.07) is 8.62. The van der Waals surface area contributed by atoms with Gasteiger partial charge in [-0.1, -0.05) is 0 Å². The molecule has 0 saturated carbocycles. The number of benzene rings is 2. The average Bonchev–Trinajstić information content (AvgIpc) is 2.68. The van der Waals surface area contributed by atoms with E-state index in [0.717, 1.165) is 18.2 Å². The third kappa shape index (κ3) is 6.38. The van der Waals surface area contributed by atoms with Gasteiger partial charge in [0, 0.05) is 18.8 Å². The molecule has 0 amide bonds. The van der Waals surface area contributed by atoms with Gasteiger partial charge in [0.2, 0.25) is 0 Å². The maximum absolute atomic E-state index is 12.7. The predicted octanol–water partition coefficient (Wildman–Crippen LogP) is 6.14. The van der Waals surface area contributed by atoms with Crippen LogP contribution in [0.4, 0.5) is 36.4 Å². The lowest BCUT2D eigenvalue weighted by Gasteiger charge is -2.22. The second-order valence-electron chi connectivity index (χ2n) is 5.81. The molecule has 0 aliphatic heterocycles. The summed E-state index contributed by atoms with van der Waals surface area (Å²) in [6.07, 6.45) is -9.18. The Bertz CT molecular complexity index is 947. The van der Waals surface area contributed by atoms with Crippen LogP contribution in [0.25, 0.3) is 0 Å². The summed E-state index contributed by atoms with van der Waals surface area (Å²) in [5.41, 5.74) is -2.54. The van der Waals surface area contributed by atoms with Crippen LogP contribution in [0.5, 0.6) is 0 Å². The molecular formula is C20H16F7N3. The molecule has 30 heavy (non-hydrogen) atoms. The van der Waals surface area contributed by atoms with Crippen LogP contribution in [0, 0.1) is 28.5 Å². The normalized spacial score (nSPS) is 11.0. The summed E-state index contributed by atoms with van der Waals surface area (Å²) >= 11 is 0. The average molecular weight is 431 g/mol. The standard InChI is InChI=1S/C12H13F3N2.C8H3F4N/c1-3-17(4-2)10-6-5-9(8-16)11(7-10)12(13,14)15;9-6-2-1-5(4-13)7(3-6)8(10,11)12/h5-7H,3-4H2,1-2H3;1-3H. The van der Waals surface area contributed by atoms with Crippen molar-refractivity contribution in [3.05, 3.63) is 64.5 Å². The van der Waals surface area contributed by atoms with Crippen LogP contribution in [-0.2, 0) is 12.4 Å². The largest absolute Gasteiger partial charge is 0.417 e. The fourth-order valence-corrected chi connectivity index (χ4v) is 2.50. The van der Waals surface area contributed by atoms with Crippen molar-refractivity contribution < 1.29 is 30.7 Å². The van der Waals surface area contributed by atoms with Crippen LogP contribution in [0.15, 0.2) is 36.4 Å². The topological polar surface area (TPSA) is 50.8 Å². The van der Waals surface area contributed by atoms with Gasteiger partial charge in [0.25, 0.3) is 0 Å². The highest BCUT2D eigenvalue weighted by molar-refractivity contribution is 5.54. The Balaban J connectivity index is 0.000000311. The Morgan fingerprint density at radius 3 is 1.60 bits per heavy atom. The molecule has 10 heteroatoms. The zero-order valence-electron chi connectivity index (χ0n) is 15.9. The van der Waals surface area contributed by atoms with Crippen molar-refractivity contribution in [2.75, 3.05) is 18.0 Å². The maximum atomic E-state index is 12.7. The molecule has 3 nitrogen and oxygen atoms in total. The van der Waals surface area contributed by atoms with E-state index < -0.39 is 34.9 Å². The SMILES string of the molecule is CCN(CC)c1ccc(C#N)c(C(F)(F)F)c1.N#Cc1ccc(F)cc1C(F)(F)F. The third-order valence-corrected chi connectivity index (χ3v) is 3.97. The van der Waals surface area contributed by atoms with Crippen molar-refractivity contribution in [1.82, 2.24) is 0 Å². The van der Waals surface area contributed by atoms with Crippen LogP contribution >= 0.6 is 0 Å². The number of nitrogens with zero attached hydrogens (tertiary/aromatic N) is 3. The smallest absolute Gasteiger partial charge is 0.372 e. The molecule has 0 spiro atoms. The minimum Gasteiger partial charge on any atom is -0.372 e. The summed E-state index contributed by atoms with van der Waals surface area (Å²) in [5.74, 6) is -1.01. The summed E-state index contributed by atoms with van der Waals surface area (Å²) in [6.45, 7) is 4.99. The van der Waals surface area contributed by atoms with E-state index in [4.69, 9.17) is 10.5 Å². The van der Waals surface area contributed by atoms with Gasteiger partial charge in [-0.3, -0.25) is 0 Å². The Kier molecular flexibility index (Phi) is 8.23. The molecule has 0 radical (unpaired) electrons. The summed E-state index contributed by atoms with van der Waals surface area (Å²) in [5, 5.41) is 17.0. The first-order chi connectivity index (χ1) is 13.9. The van der Waals surface area contributed by atoms with E-state index in [1.54, 1.807) is 17.0 Å². The van der Waals surface area contributed by atoms with Crippen molar-refractivity contribution in [3.8, 4) is 12.1 Å². The third-order valence-electron chi connectivity index (χ3n) is 3.97. The molecule has 0 atom stereocenters. The lowest BCUT2D eigenvalue weighted by Crippen LogP contribution is -2.22. The van der Waals surface area contributed by atoms with Crippen LogP contribution < -0.4 is 4.90 Å². The molecule has 0 aliphatic rings. The van der Waals surface area contributed by atoms with E-state index in [9.17, 15) is 30.7 Å². The Morgan fingerprint density at radius 1 is 0.767 bits per heavy atom. The summed E-state index contributed by atoms with van der Waals surface area (Å²) < 4.78 is 86.8. The van der Waals surface area contributed by atoms with Gasteiger partial charge in [-0.15, -0.1) is 0 Å². The van der Waals surface area contributed by atoms with Gasteiger partial charge in [-0.05, 0) is 50.2 Å². The van der Waals surface area contributed by atoms with E-state index in [-0.39, 0.29) is 5.56 Å². The first kappa shape index (κ1) is 24.8. The zero-order valence-corrected chi connectivity index (χ0v) is 15.9. The molecule has 0 bridgehead atoms. The van der Waals surface area contributed by atoms with Crippen molar-refractivity contribution >= 4 is 5.69 Å². The molecule has 0 N–H and O–H groups in total. The monoisotopic (exact) mass is 431 g/mol. The second-order valence-corrected chi connectivity index (χ2v) is 5.81. The molecule has 0 fully saturated rings. The first-order valence-electron chi connectivity index (χ1n) is 8.52. The number of hydrogen-bond donors (Lipinski definition) is 0. The van der Waals surface area contributed by atoms with E-state index in [1.165, 1.54) is 12.1 Å². The molecule has 0 saturated heterocycles. The Morgan fingerprint density at radius 2 is 1.20 bits per heavy atom. The molecule has 0 heterocycles. The van der Waals surface area contributed by atoms with E-state index in [1.807, 2.05) is 13.8 Å². The molecular weight excluding hydrogens is 415 g/mol. The number of alkyl halides is 6. The summed E-state index contributed by atoms with van der Waals surface area (Å²) in [4.78, 5) is 1.80. The molecule has 2 rings (SSSR count). The highest BCUT2D eigenvalue weighted by atomic mass is 19.4. The molecule has 0 aromatic heterocycles. The molecule has 2 aromatic rings. The predicted molar refractivity (Wildman–Crippen MR) is 95.8 cm³/mol. The van der Waals surface area contributed by atoms with Gasteiger partial charge in [-0.2, -0.15) is 36.9 Å². The van der Waals surface area contributed by atoms with Crippen LogP contribution in [0.3, 0.4) is 0 Å². The van der Waals surface area contributed by atoms with Crippen LogP contribution in [0.1, 0.15) is 36.1 Å². The quantitative estimate of drug-likeness (QED) is 0.549. The maximum Gasteiger partial charge on any atom is 0.417 e. The Labute approximate surface area is 168 Å². The first-order valence-corrected chi connectivity index (χ1v) is 8.52. The molecule has 0 aliphatic carbocycles. The van der Waals surface area contributed by atoms with Crippen LogP contribution in [-0.4, -0.2) is 13.1 Å². The van der Waals surface area contributed by atoms with Gasteiger partial charge in [0.05, 0.1) is 34.4 Å². The van der Waals surface area contributed by atoms with E-state index >= 15 is 0 Å². The van der Waals surface area contributed by atoms with Crippen LogP contribution in [0.2, 0.25) is 0 Å². The van der Waals surface area contributed by atoms with Gasteiger partial charge in [0.1, 0.15) is 5.82 Å². The minimum absolute atomic E-state index is 0.304. The molecule has 0 unspecified atom stereocenters. The highest BCUT2D eigenvalue weighted by Crippen LogP contribution is 2.34. The van der Waals surface area contributed by atoms with Gasteiger partial charge >= 0.3 is 12.4 Å². The fourth-order valence-electron chi connectivity index (χ4n) is 2.50. The molecule has 160 valence electrons. The van der Waals surface area contributed by atoms with Gasteiger partial charge < -0.3 is 4.90 Å².